The summed E-state index contributed by atoms with van der Waals surface area (Å²) < 4.78 is 10.5. The molecule has 0 N–H and O–H groups in total. The van der Waals surface area contributed by atoms with Crippen LogP contribution in [0.15, 0.2) is 23.2 Å². The number of isocyanates is 1. The number of ether oxygens (including phenoxy) is 2. The van der Waals surface area contributed by atoms with Gasteiger partial charge in [0, 0.05) is 5.56 Å². The number of nitrogens with zero attached hydrogens (tertiary/aromatic N) is 1. The average Bonchev–Trinajstić information content (AvgIpc) is 2.27. The number of benzene rings is 1. The van der Waals surface area contributed by atoms with E-state index in [1.165, 1.54) is 6.08 Å². The number of carbonyl (C=O) groups excluding carboxylic acids is 1. The molecule has 4 nitrogen and oxygen atoms in total. The molecule has 0 saturated heterocycles. The number of hydrogen-bond acceptors (Lipinski definition) is 4. The normalized spacial score (nSPS) is 9.20. The molecule has 15 heavy (non-hydrogen) atoms. The fraction of sp³-hybridized carbons (Fsp3) is 0.364. The van der Waals surface area contributed by atoms with Crippen LogP contribution in [0.2, 0.25) is 0 Å². The van der Waals surface area contributed by atoms with Crippen molar-refractivity contribution in [2.45, 2.75) is 13.5 Å². The summed E-state index contributed by atoms with van der Waals surface area (Å²) in [6, 6.07) is 5.42. The van der Waals surface area contributed by atoms with Crippen molar-refractivity contribution in [3.05, 3.63) is 23.8 Å². The van der Waals surface area contributed by atoms with Gasteiger partial charge >= 0.3 is 0 Å². The van der Waals surface area contributed by atoms with Gasteiger partial charge in [-0.05, 0) is 25.1 Å². The van der Waals surface area contributed by atoms with Crippen LogP contribution in [0.1, 0.15) is 12.5 Å². The maximum atomic E-state index is 10.0. The zero-order valence-electron chi connectivity index (χ0n) is 8.82. The van der Waals surface area contributed by atoms with E-state index in [-0.39, 0.29) is 6.54 Å². The van der Waals surface area contributed by atoms with E-state index < -0.39 is 0 Å². The van der Waals surface area contributed by atoms with Gasteiger partial charge in [-0.3, -0.25) is 0 Å². The molecule has 0 heterocycles. The van der Waals surface area contributed by atoms with Crippen molar-refractivity contribution < 1.29 is 14.3 Å². The number of methoxy groups -OCH3 is 1. The second-order valence-corrected chi connectivity index (χ2v) is 2.81. The lowest BCUT2D eigenvalue weighted by Gasteiger charge is -2.08. The minimum Gasteiger partial charge on any atom is -0.496 e. The SMILES string of the molecule is CCOc1ccc(OC)c(CN=C=O)c1. The molecule has 1 rings (SSSR count). The molecule has 0 aliphatic carbocycles. The largest absolute Gasteiger partial charge is 0.496 e. The molecule has 0 aliphatic heterocycles. The molecule has 0 amide bonds. The molecule has 0 saturated carbocycles. The van der Waals surface area contributed by atoms with Crippen molar-refractivity contribution in [1.29, 1.82) is 0 Å². The van der Waals surface area contributed by atoms with Crippen LogP contribution < -0.4 is 9.47 Å². The molecular weight excluding hydrogens is 194 g/mol. The molecule has 0 bridgehead atoms. The van der Waals surface area contributed by atoms with Gasteiger partial charge in [-0.15, -0.1) is 0 Å². The van der Waals surface area contributed by atoms with Gasteiger partial charge in [0.25, 0.3) is 0 Å². The van der Waals surface area contributed by atoms with E-state index in [1.54, 1.807) is 13.2 Å². The zero-order valence-corrected chi connectivity index (χ0v) is 8.82. The molecule has 80 valence electrons. The van der Waals surface area contributed by atoms with Gasteiger partial charge in [-0.25, -0.2) is 9.79 Å². The Morgan fingerprint density at radius 2 is 2.27 bits per heavy atom. The molecule has 1 aromatic rings. The van der Waals surface area contributed by atoms with Crippen LogP contribution in [0.5, 0.6) is 11.5 Å². The molecule has 0 spiro atoms. The molecule has 1 aromatic carbocycles. The summed E-state index contributed by atoms with van der Waals surface area (Å²) in [5.41, 5.74) is 0.812. The summed E-state index contributed by atoms with van der Waals surface area (Å²) in [6.45, 7) is 2.77. The fourth-order valence-corrected chi connectivity index (χ4v) is 1.25. The van der Waals surface area contributed by atoms with Crippen LogP contribution in [0.25, 0.3) is 0 Å². The summed E-state index contributed by atoms with van der Waals surface area (Å²) in [4.78, 5) is 13.5. The van der Waals surface area contributed by atoms with Gasteiger partial charge in [-0.1, -0.05) is 0 Å². The van der Waals surface area contributed by atoms with E-state index in [2.05, 4.69) is 4.99 Å². The summed E-state index contributed by atoms with van der Waals surface area (Å²) in [7, 11) is 1.57. The van der Waals surface area contributed by atoms with Crippen molar-refractivity contribution in [3.63, 3.8) is 0 Å². The highest BCUT2D eigenvalue weighted by Gasteiger charge is 2.04. The molecule has 0 unspecified atom stereocenters. The quantitative estimate of drug-likeness (QED) is 0.547. The van der Waals surface area contributed by atoms with Crippen LogP contribution in [0.4, 0.5) is 0 Å². The zero-order chi connectivity index (χ0) is 11.1. The standard InChI is InChI=1S/C11H13NO3/c1-3-15-10-4-5-11(14-2)9(6-10)7-12-8-13/h4-6H,3,7H2,1-2H3. The van der Waals surface area contributed by atoms with E-state index >= 15 is 0 Å². The minimum absolute atomic E-state index is 0.258. The van der Waals surface area contributed by atoms with Gasteiger partial charge < -0.3 is 9.47 Å². The van der Waals surface area contributed by atoms with Crippen LogP contribution >= 0.6 is 0 Å². The van der Waals surface area contributed by atoms with Crippen LogP contribution in [-0.4, -0.2) is 19.8 Å². The van der Waals surface area contributed by atoms with E-state index in [1.807, 2.05) is 19.1 Å². The first-order valence-corrected chi connectivity index (χ1v) is 4.65. The predicted molar refractivity (Wildman–Crippen MR) is 56.0 cm³/mol. The van der Waals surface area contributed by atoms with Gasteiger partial charge in [0.2, 0.25) is 6.08 Å². The third-order valence-electron chi connectivity index (χ3n) is 1.88. The second kappa shape index (κ2) is 5.83. The Morgan fingerprint density at radius 1 is 1.47 bits per heavy atom. The molecule has 0 radical (unpaired) electrons. The summed E-state index contributed by atoms with van der Waals surface area (Å²) in [5, 5.41) is 0. The van der Waals surface area contributed by atoms with E-state index in [4.69, 9.17) is 9.47 Å². The maximum Gasteiger partial charge on any atom is 0.235 e. The van der Waals surface area contributed by atoms with E-state index in [0.717, 1.165) is 11.3 Å². The molecule has 0 aromatic heterocycles. The first-order valence-electron chi connectivity index (χ1n) is 4.65. The first kappa shape index (κ1) is 11.3. The second-order valence-electron chi connectivity index (χ2n) is 2.81. The number of rotatable bonds is 5. The van der Waals surface area contributed by atoms with E-state index in [0.29, 0.717) is 12.4 Å². The summed E-state index contributed by atoms with van der Waals surface area (Å²) >= 11 is 0. The topological polar surface area (TPSA) is 47.9 Å². The molecule has 0 fully saturated rings. The third kappa shape index (κ3) is 3.11. The van der Waals surface area contributed by atoms with Crippen molar-refractivity contribution in [2.24, 2.45) is 4.99 Å². The molecule has 0 atom stereocenters. The van der Waals surface area contributed by atoms with Crippen molar-refractivity contribution in [2.75, 3.05) is 13.7 Å². The van der Waals surface area contributed by atoms with Crippen molar-refractivity contribution in [3.8, 4) is 11.5 Å². The molecule has 0 aliphatic rings. The number of aliphatic imine (C=N–C) groups is 1. The first-order chi connectivity index (χ1) is 7.31. The Morgan fingerprint density at radius 3 is 2.87 bits per heavy atom. The Balaban J connectivity index is 2.95. The smallest absolute Gasteiger partial charge is 0.235 e. The Hall–Kier alpha value is -1.80. The average molecular weight is 207 g/mol. The predicted octanol–water partition coefficient (Wildman–Crippen LogP) is 1.93. The monoisotopic (exact) mass is 207 g/mol. The summed E-state index contributed by atoms with van der Waals surface area (Å²) in [6.07, 6.45) is 1.50. The Labute approximate surface area is 88.5 Å². The Bertz CT molecular complexity index is 370. The van der Waals surface area contributed by atoms with E-state index in [9.17, 15) is 4.79 Å². The van der Waals surface area contributed by atoms with Crippen LogP contribution in [0.3, 0.4) is 0 Å². The lowest BCUT2D eigenvalue weighted by atomic mass is 10.2. The van der Waals surface area contributed by atoms with Crippen molar-refractivity contribution >= 4 is 6.08 Å². The maximum absolute atomic E-state index is 10.0. The van der Waals surface area contributed by atoms with Gasteiger partial charge in [-0.2, -0.15) is 0 Å². The molecular formula is C11H13NO3. The lowest BCUT2D eigenvalue weighted by molar-refractivity contribution is 0.338. The Kier molecular flexibility index (Phi) is 4.38. The highest BCUT2D eigenvalue weighted by Crippen LogP contribution is 2.24. The lowest BCUT2D eigenvalue weighted by Crippen LogP contribution is -1.95. The number of hydrogen-bond donors (Lipinski definition) is 0. The molecule has 4 heteroatoms. The summed E-state index contributed by atoms with van der Waals surface area (Å²) in [5.74, 6) is 1.44. The van der Waals surface area contributed by atoms with Crippen LogP contribution in [0, 0.1) is 0 Å². The van der Waals surface area contributed by atoms with Gasteiger partial charge in [0.1, 0.15) is 11.5 Å². The highest BCUT2D eigenvalue weighted by atomic mass is 16.5. The highest BCUT2D eigenvalue weighted by molar-refractivity contribution is 5.42. The fourth-order valence-electron chi connectivity index (χ4n) is 1.25. The van der Waals surface area contributed by atoms with Gasteiger partial charge in [0.15, 0.2) is 0 Å². The van der Waals surface area contributed by atoms with Crippen LogP contribution in [-0.2, 0) is 11.3 Å². The minimum atomic E-state index is 0.258. The van der Waals surface area contributed by atoms with Gasteiger partial charge in [0.05, 0.1) is 20.3 Å². The third-order valence-corrected chi connectivity index (χ3v) is 1.88. The van der Waals surface area contributed by atoms with Crippen molar-refractivity contribution in [1.82, 2.24) is 0 Å².